The van der Waals surface area contributed by atoms with Crippen LogP contribution in [0.4, 0.5) is 0 Å². The van der Waals surface area contributed by atoms with Crippen molar-refractivity contribution in [3.05, 3.63) is 15.7 Å². The van der Waals surface area contributed by atoms with Crippen LogP contribution in [0.3, 0.4) is 0 Å². The second kappa shape index (κ2) is 3.58. The van der Waals surface area contributed by atoms with Gasteiger partial charge >= 0.3 is 0 Å². The third kappa shape index (κ3) is 1.48. The first-order valence-electron chi connectivity index (χ1n) is 3.68. The van der Waals surface area contributed by atoms with Gasteiger partial charge in [-0.2, -0.15) is 0 Å². The minimum Gasteiger partial charge on any atom is -0.296 e. The molecule has 0 fully saturated rings. The highest BCUT2D eigenvalue weighted by Gasteiger charge is 2.13. The van der Waals surface area contributed by atoms with E-state index in [1.165, 1.54) is 11.3 Å². The Balaban J connectivity index is 2.53. The Hall–Kier alpha value is -1.08. The van der Waals surface area contributed by atoms with Gasteiger partial charge in [0.05, 0.1) is 0 Å². The maximum absolute atomic E-state index is 10.5. The molecule has 0 amide bonds. The Bertz CT molecular complexity index is 458. The Kier molecular flexibility index (Phi) is 2.42. The molecule has 2 aromatic rings. The summed E-state index contributed by atoms with van der Waals surface area (Å²) in [5, 5.41) is 10.1. The van der Waals surface area contributed by atoms with Crippen molar-refractivity contribution in [1.29, 1.82) is 0 Å². The Morgan fingerprint density at radius 1 is 1.64 bits per heavy atom. The van der Waals surface area contributed by atoms with Gasteiger partial charge in [0.15, 0.2) is 10.9 Å². The van der Waals surface area contributed by atoms with E-state index in [0.717, 1.165) is 17.0 Å². The van der Waals surface area contributed by atoms with Crippen LogP contribution in [-0.2, 0) is 7.05 Å². The van der Waals surface area contributed by atoms with Crippen molar-refractivity contribution < 1.29 is 4.79 Å². The maximum Gasteiger partial charge on any atom is 0.169 e. The molecule has 0 saturated heterocycles. The molecule has 0 atom stereocenters. The molecule has 0 aromatic carbocycles. The number of aryl methyl sites for hydroxylation is 1. The minimum absolute atomic E-state index is 0.429. The maximum atomic E-state index is 10.5. The zero-order chi connectivity index (χ0) is 10.1. The van der Waals surface area contributed by atoms with Crippen LogP contribution in [0.2, 0.25) is 0 Å². The average Bonchev–Trinajstić information content (AvgIpc) is 2.73. The first-order chi connectivity index (χ1) is 6.72. The van der Waals surface area contributed by atoms with Crippen LogP contribution >= 0.6 is 27.3 Å². The van der Waals surface area contributed by atoms with Crippen LogP contribution < -0.4 is 0 Å². The summed E-state index contributed by atoms with van der Waals surface area (Å²) in [4.78, 5) is 14.6. The summed E-state index contributed by atoms with van der Waals surface area (Å²) in [5.41, 5.74) is 1.21. The number of carbonyl (C=O) groups is 1. The van der Waals surface area contributed by atoms with E-state index in [4.69, 9.17) is 0 Å². The molecular formula is C7H5BrN4OS. The molecule has 0 radical (unpaired) electrons. The lowest BCUT2D eigenvalue weighted by Gasteiger charge is -1.94. The van der Waals surface area contributed by atoms with Gasteiger partial charge in [0, 0.05) is 12.4 Å². The van der Waals surface area contributed by atoms with Crippen molar-refractivity contribution in [1.82, 2.24) is 20.0 Å². The predicted octanol–water partition coefficient (Wildman–Crippen LogP) is 1.51. The molecule has 0 saturated carbocycles. The smallest absolute Gasteiger partial charge is 0.169 e. The largest absolute Gasteiger partial charge is 0.296 e. The van der Waals surface area contributed by atoms with Gasteiger partial charge in [-0.1, -0.05) is 5.21 Å². The Labute approximate surface area is 91.9 Å². The van der Waals surface area contributed by atoms with E-state index in [-0.39, 0.29) is 0 Å². The molecule has 5 nitrogen and oxygen atoms in total. The lowest BCUT2D eigenvalue weighted by atomic mass is 10.5. The molecule has 0 spiro atoms. The molecule has 0 aliphatic heterocycles. The highest BCUT2D eigenvalue weighted by Crippen LogP contribution is 2.27. The topological polar surface area (TPSA) is 60.7 Å². The molecule has 0 aliphatic rings. The molecule has 0 aliphatic carbocycles. The summed E-state index contributed by atoms with van der Waals surface area (Å²) in [6.45, 7) is 0. The number of nitrogens with zero attached hydrogens (tertiary/aromatic N) is 4. The second-order valence-corrected chi connectivity index (χ2v) is 4.16. The standard InChI is InChI=1S/C7H5BrN4OS/c1-12-5(6(8)10-11-12)7-9-4(2-13)3-14-7/h2-3H,1H3. The van der Waals surface area contributed by atoms with Crippen LogP contribution in [0.15, 0.2) is 9.98 Å². The van der Waals surface area contributed by atoms with Gasteiger partial charge in [-0.15, -0.1) is 16.4 Å². The van der Waals surface area contributed by atoms with E-state index in [9.17, 15) is 4.79 Å². The van der Waals surface area contributed by atoms with Gasteiger partial charge in [-0.3, -0.25) is 4.79 Å². The monoisotopic (exact) mass is 272 g/mol. The summed E-state index contributed by atoms with van der Waals surface area (Å²) < 4.78 is 2.24. The predicted molar refractivity (Wildman–Crippen MR) is 55.2 cm³/mol. The van der Waals surface area contributed by atoms with Gasteiger partial charge in [0.1, 0.15) is 16.4 Å². The fourth-order valence-electron chi connectivity index (χ4n) is 1.01. The zero-order valence-electron chi connectivity index (χ0n) is 7.14. The van der Waals surface area contributed by atoms with Crippen molar-refractivity contribution in [2.45, 2.75) is 0 Å². The minimum atomic E-state index is 0.429. The molecule has 0 bridgehead atoms. The van der Waals surface area contributed by atoms with Crippen LogP contribution in [0.1, 0.15) is 10.5 Å². The summed E-state index contributed by atoms with van der Waals surface area (Å²) in [5.74, 6) is 0. The number of halogens is 1. The lowest BCUT2D eigenvalue weighted by Crippen LogP contribution is -1.93. The molecule has 0 N–H and O–H groups in total. The highest BCUT2D eigenvalue weighted by atomic mass is 79.9. The average molecular weight is 273 g/mol. The number of hydrogen-bond acceptors (Lipinski definition) is 5. The Morgan fingerprint density at radius 2 is 2.43 bits per heavy atom. The normalized spacial score (nSPS) is 10.4. The van der Waals surface area contributed by atoms with Gasteiger partial charge in [-0.25, -0.2) is 9.67 Å². The molecule has 2 heterocycles. The third-order valence-corrected chi connectivity index (χ3v) is 3.03. The van der Waals surface area contributed by atoms with Crippen LogP contribution in [0.25, 0.3) is 10.7 Å². The molecule has 7 heteroatoms. The fourth-order valence-corrected chi connectivity index (χ4v) is 2.49. The number of hydrogen-bond donors (Lipinski definition) is 0. The third-order valence-electron chi connectivity index (χ3n) is 1.63. The van der Waals surface area contributed by atoms with Crippen molar-refractivity contribution in [2.24, 2.45) is 7.05 Å². The van der Waals surface area contributed by atoms with Crippen LogP contribution in [0.5, 0.6) is 0 Å². The summed E-state index contributed by atoms with van der Waals surface area (Å²) in [6, 6.07) is 0. The Morgan fingerprint density at radius 3 is 2.93 bits per heavy atom. The molecule has 72 valence electrons. The first kappa shape index (κ1) is 9.47. The molecule has 14 heavy (non-hydrogen) atoms. The van der Waals surface area contributed by atoms with Crippen molar-refractivity contribution in [3.8, 4) is 10.7 Å². The highest BCUT2D eigenvalue weighted by molar-refractivity contribution is 9.10. The molecule has 2 aromatic heterocycles. The van der Waals surface area contributed by atoms with E-state index in [1.807, 2.05) is 0 Å². The number of rotatable bonds is 2. The van der Waals surface area contributed by atoms with E-state index < -0.39 is 0 Å². The van der Waals surface area contributed by atoms with E-state index in [1.54, 1.807) is 17.1 Å². The SMILES string of the molecule is Cn1nnc(Br)c1-c1nc(C=O)cs1. The summed E-state index contributed by atoms with van der Waals surface area (Å²) >= 11 is 4.66. The van der Waals surface area contributed by atoms with Crippen molar-refractivity contribution in [2.75, 3.05) is 0 Å². The molecular weight excluding hydrogens is 268 g/mol. The number of carbonyl (C=O) groups excluding carboxylic acids is 1. The van der Waals surface area contributed by atoms with E-state index in [2.05, 4.69) is 31.2 Å². The quantitative estimate of drug-likeness (QED) is 0.778. The van der Waals surface area contributed by atoms with Crippen LogP contribution in [-0.4, -0.2) is 26.3 Å². The van der Waals surface area contributed by atoms with Crippen molar-refractivity contribution in [3.63, 3.8) is 0 Å². The van der Waals surface area contributed by atoms with Gasteiger partial charge < -0.3 is 0 Å². The zero-order valence-corrected chi connectivity index (χ0v) is 9.54. The number of thiazole rings is 1. The molecule has 0 unspecified atom stereocenters. The fraction of sp³-hybridized carbons (Fsp3) is 0.143. The molecule has 2 rings (SSSR count). The summed E-state index contributed by atoms with van der Waals surface area (Å²) in [6.07, 6.45) is 0.720. The first-order valence-corrected chi connectivity index (χ1v) is 5.36. The van der Waals surface area contributed by atoms with Crippen LogP contribution in [0, 0.1) is 0 Å². The van der Waals surface area contributed by atoms with Gasteiger partial charge in [-0.05, 0) is 15.9 Å². The second-order valence-electron chi connectivity index (χ2n) is 2.55. The van der Waals surface area contributed by atoms with Gasteiger partial charge in [0.2, 0.25) is 0 Å². The lowest BCUT2D eigenvalue weighted by molar-refractivity contribution is 0.111. The van der Waals surface area contributed by atoms with Crippen molar-refractivity contribution >= 4 is 33.6 Å². The van der Waals surface area contributed by atoms with Gasteiger partial charge in [0.25, 0.3) is 0 Å². The van der Waals surface area contributed by atoms with E-state index in [0.29, 0.717) is 10.3 Å². The number of aromatic nitrogens is 4. The van der Waals surface area contributed by atoms with E-state index >= 15 is 0 Å². The summed E-state index contributed by atoms with van der Waals surface area (Å²) in [7, 11) is 1.77. The number of aldehydes is 1.